The summed E-state index contributed by atoms with van der Waals surface area (Å²) >= 11 is 7.61. The number of para-hydroxylation sites is 1. The minimum absolute atomic E-state index is 0.182. The van der Waals surface area contributed by atoms with E-state index in [9.17, 15) is 14.0 Å². The topological polar surface area (TPSA) is 62.3 Å². The Kier molecular flexibility index (Phi) is 6.77. The maximum atomic E-state index is 13.5. The molecule has 0 radical (unpaired) electrons. The second-order valence-electron chi connectivity index (χ2n) is 7.53. The molecule has 0 saturated heterocycles. The van der Waals surface area contributed by atoms with Crippen LogP contribution in [0.25, 0.3) is 0 Å². The van der Waals surface area contributed by atoms with Gasteiger partial charge >= 0.3 is 0 Å². The number of aromatic nitrogens is 1. The van der Waals surface area contributed by atoms with Crippen LogP contribution in [-0.4, -0.2) is 22.0 Å². The fraction of sp³-hybridized carbons (Fsp3) is 0.208. The Morgan fingerprint density at radius 2 is 2.06 bits per heavy atom. The van der Waals surface area contributed by atoms with E-state index in [0.29, 0.717) is 12.1 Å². The van der Waals surface area contributed by atoms with Gasteiger partial charge in [-0.2, -0.15) is 0 Å². The monoisotopic (exact) mass is 469 g/mol. The largest absolute Gasteiger partial charge is 0.352 e. The Morgan fingerprint density at radius 3 is 2.81 bits per heavy atom. The van der Waals surface area contributed by atoms with Crippen molar-refractivity contribution in [1.29, 1.82) is 0 Å². The Hall–Kier alpha value is -2.90. The highest BCUT2D eigenvalue weighted by molar-refractivity contribution is 8.01. The zero-order valence-corrected chi connectivity index (χ0v) is 18.9. The number of thioether (sulfide) groups is 1. The summed E-state index contributed by atoms with van der Waals surface area (Å²) in [6, 6.07) is 15.4. The first-order valence-electron chi connectivity index (χ1n) is 10.1. The second-order valence-corrected chi connectivity index (χ2v) is 9.12. The first-order valence-corrected chi connectivity index (χ1v) is 11.4. The summed E-state index contributed by atoms with van der Waals surface area (Å²) in [6.45, 7) is 2.29. The highest BCUT2D eigenvalue weighted by Gasteiger charge is 2.39. The number of anilines is 1. The fourth-order valence-corrected chi connectivity index (χ4v) is 5.04. The van der Waals surface area contributed by atoms with Crippen molar-refractivity contribution in [3.63, 3.8) is 0 Å². The lowest BCUT2D eigenvalue weighted by molar-refractivity contribution is -0.128. The molecule has 2 unspecified atom stereocenters. The summed E-state index contributed by atoms with van der Waals surface area (Å²) in [7, 11) is 0. The van der Waals surface area contributed by atoms with Crippen LogP contribution in [0.3, 0.4) is 0 Å². The molecule has 0 bridgehead atoms. The highest BCUT2D eigenvalue weighted by Crippen LogP contribution is 2.42. The highest BCUT2D eigenvalue weighted by atomic mass is 35.5. The third-order valence-corrected chi connectivity index (χ3v) is 7.14. The van der Waals surface area contributed by atoms with Crippen LogP contribution >= 0.6 is 23.4 Å². The molecular weight excluding hydrogens is 449 g/mol. The van der Waals surface area contributed by atoms with Crippen LogP contribution in [0.5, 0.6) is 0 Å². The molecule has 3 aromatic rings. The number of halogens is 2. The van der Waals surface area contributed by atoms with Gasteiger partial charge in [-0.3, -0.25) is 14.6 Å². The molecule has 1 N–H and O–H groups in total. The number of amides is 2. The van der Waals surface area contributed by atoms with Gasteiger partial charge in [0.15, 0.2) is 0 Å². The maximum Gasteiger partial charge on any atom is 0.241 e. The van der Waals surface area contributed by atoms with E-state index < -0.39 is 17.0 Å². The summed E-state index contributed by atoms with van der Waals surface area (Å²) < 4.78 is 13.5. The molecule has 2 aromatic carbocycles. The maximum absolute atomic E-state index is 13.5. The van der Waals surface area contributed by atoms with Crippen LogP contribution in [0, 0.1) is 11.7 Å². The molecule has 1 aliphatic rings. The van der Waals surface area contributed by atoms with Crippen LogP contribution in [0.1, 0.15) is 18.1 Å². The Labute approximate surface area is 195 Å². The van der Waals surface area contributed by atoms with Gasteiger partial charge in [-0.05, 0) is 41.5 Å². The van der Waals surface area contributed by atoms with Gasteiger partial charge in [0.25, 0.3) is 0 Å². The summed E-state index contributed by atoms with van der Waals surface area (Å²) in [6.07, 6.45) is 3.36. The Morgan fingerprint density at radius 1 is 1.25 bits per heavy atom. The van der Waals surface area contributed by atoms with E-state index in [-0.39, 0.29) is 23.4 Å². The summed E-state index contributed by atoms with van der Waals surface area (Å²) in [5.74, 6) is -1.39. The molecular formula is C24H21ClFN3O2S. The number of nitrogens with zero attached hydrogens (tertiary/aromatic N) is 2. The number of hydrogen-bond donors (Lipinski definition) is 1. The molecule has 4 rings (SSSR count). The van der Waals surface area contributed by atoms with E-state index in [0.717, 1.165) is 16.1 Å². The zero-order valence-electron chi connectivity index (χ0n) is 17.3. The van der Waals surface area contributed by atoms with Crippen LogP contribution in [-0.2, 0) is 22.7 Å². The van der Waals surface area contributed by atoms with Gasteiger partial charge in [-0.25, -0.2) is 4.39 Å². The molecule has 2 heterocycles. The van der Waals surface area contributed by atoms with E-state index in [1.165, 1.54) is 23.9 Å². The predicted molar refractivity (Wildman–Crippen MR) is 124 cm³/mol. The van der Waals surface area contributed by atoms with Gasteiger partial charge in [0, 0.05) is 28.9 Å². The number of carbonyl (C=O) groups is 2. The summed E-state index contributed by atoms with van der Waals surface area (Å²) in [5, 5.41) is 2.55. The fourth-order valence-electron chi connectivity index (χ4n) is 3.53. The second kappa shape index (κ2) is 9.71. The molecule has 2 amide bonds. The van der Waals surface area contributed by atoms with E-state index in [1.807, 2.05) is 30.3 Å². The molecule has 2 atom stereocenters. The van der Waals surface area contributed by atoms with E-state index in [4.69, 9.17) is 11.6 Å². The molecule has 0 fully saturated rings. The molecule has 164 valence electrons. The molecule has 0 aliphatic carbocycles. The van der Waals surface area contributed by atoms with Crippen molar-refractivity contribution >= 4 is 40.9 Å². The van der Waals surface area contributed by atoms with Gasteiger partial charge in [0.2, 0.25) is 11.8 Å². The number of pyridine rings is 1. The quantitative estimate of drug-likeness (QED) is 0.561. The van der Waals surface area contributed by atoms with E-state index in [1.54, 1.807) is 36.4 Å². The molecule has 32 heavy (non-hydrogen) atoms. The van der Waals surface area contributed by atoms with Crippen LogP contribution in [0.2, 0.25) is 5.02 Å². The summed E-state index contributed by atoms with van der Waals surface area (Å²) in [5.41, 5.74) is 2.27. The minimum Gasteiger partial charge on any atom is -0.352 e. The van der Waals surface area contributed by atoms with Crippen molar-refractivity contribution < 1.29 is 14.0 Å². The molecule has 1 aromatic heterocycles. The normalized spacial score (nSPS) is 16.4. The SMILES string of the molecule is CC(C(=O)NCc1cccnc1)C1Sc2ccccc2N(Cc2ccc(F)cc2Cl)C1=O. The molecule has 1 aliphatic heterocycles. The van der Waals surface area contributed by atoms with E-state index in [2.05, 4.69) is 10.3 Å². The van der Waals surface area contributed by atoms with Gasteiger partial charge in [-0.15, -0.1) is 11.8 Å². The lowest BCUT2D eigenvalue weighted by Crippen LogP contribution is -2.47. The smallest absolute Gasteiger partial charge is 0.241 e. The minimum atomic E-state index is -0.599. The van der Waals surface area contributed by atoms with E-state index >= 15 is 0 Å². The Balaban J connectivity index is 1.55. The third kappa shape index (κ3) is 4.79. The van der Waals surface area contributed by atoms with Crippen molar-refractivity contribution in [2.24, 2.45) is 5.92 Å². The number of fused-ring (bicyclic) bond motifs is 1. The van der Waals surface area contributed by atoms with Crippen molar-refractivity contribution in [3.8, 4) is 0 Å². The summed E-state index contributed by atoms with van der Waals surface area (Å²) in [4.78, 5) is 32.9. The number of carbonyl (C=O) groups excluding carboxylic acids is 2. The molecule has 8 heteroatoms. The average Bonchev–Trinajstić information content (AvgIpc) is 2.80. The number of nitrogens with one attached hydrogen (secondary N) is 1. The van der Waals surface area contributed by atoms with Crippen LogP contribution in [0.15, 0.2) is 71.9 Å². The number of rotatable bonds is 6. The third-order valence-electron chi connectivity index (χ3n) is 5.32. The van der Waals surface area contributed by atoms with Crippen molar-refractivity contribution in [2.45, 2.75) is 30.2 Å². The number of benzene rings is 2. The number of hydrogen-bond acceptors (Lipinski definition) is 4. The zero-order chi connectivity index (χ0) is 22.7. The predicted octanol–water partition coefficient (Wildman–Crippen LogP) is 4.83. The average molecular weight is 470 g/mol. The van der Waals surface area contributed by atoms with Crippen molar-refractivity contribution in [1.82, 2.24) is 10.3 Å². The lowest BCUT2D eigenvalue weighted by atomic mass is 10.0. The van der Waals surface area contributed by atoms with Crippen molar-refractivity contribution in [3.05, 3.63) is 89.0 Å². The van der Waals surface area contributed by atoms with Gasteiger partial charge in [-0.1, -0.05) is 42.8 Å². The Bertz CT molecular complexity index is 1150. The molecule has 0 saturated carbocycles. The molecule has 0 spiro atoms. The van der Waals surface area contributed by atoms with Gasteiger partial charge in [0.1, 0.15) is 11.1 Å². The first-order chi connectivity index (χ1) is 15.4. The van der Waals surface area contributed by atoms with Gasteiger partial charge in [0.05, 0.1) is 18.2 Å². The van der Waals surface area contributed by atoms with Crippen LogP contribution in [0.4, 0.5) is 10.1 Å². The van der Waals surface area contributed by atoms with Crippen LogP contribution < -0.4 is 10.2 Å². The van der Waals surface area contributed by atoms with Gasteiger partial charge < -0.3 is 10.2 Å². The molecule has 5 nitrogen and oxygen atoms in total. The first kappa shape index (κ1) is 22.3. The van der Waals surface area contributed by atoms with Crippen molar-refractivity contribution in [2.75, 3.05) is 4.90 Å². The standard InChI is InChI=1S/C24H21ClFN3O2S/c1-15(23(30)28-13-16-5-4-10-27-12-16)22-24(31)29(20-6-2-3-7-21(20)32-22)14-17-8-9-18(26)11-19(17)25/h2-12,15,22H,13-14H2,1H3,(H,28,30). The lowest BCUT2D eigenvalue weighted by Gasteiger charge is -2.36.